The van der Waals surface area contributed by atoms with Crippen LogP contribution in [0.15, 0.2) is 42.6 Å². The van der Waals surface area contributed by atoms with Gasteiger partial charge in [-0.25, -0.2) is 4.98 Å². The summed E-state index contributed by atoms with van der Waals surface area (Å²) in [7, 11) is 0. The minimum atomic E-state index is -4.70. The Bertz CT molecular complexity index is 1380. The molecule has 3 N–H and O–H groups in total. The largest absolute Gasteiger partial charge is 0.433 e. The smallest absolute Gasteiger partial charge is 0.365 e. The number of aryl methyl sites for hydroxylation is 2. The van der Waals surface area contributed by atoms with E-state index in [9.17, 15) is 22.8 Å². The average molecular weight is 599 g/mol. The summed E-state index contributed by atoms with van der Waals surface area (Å²) >= 11 is 2.85. The first-order chi connectivity index (χ1) is 16.0. The zero-order valence-electron chi connectivity index (χ0n) is 17.6. The van der Waals surface area contributed by atoms with Crippen LogP contribution in [-0.4, -0.2) is 26.6 Å². The summed E-state index contributed by atoms with van der Waals surface area (Å²) in [4.78, 5) is 28.5. The Kier molecular flexibility index (Phi) is 6.62. The molecule has 0 radical (unpaired) electrons. The van der Waals surface area contributed by atoms with E-state index in [0.29, 0.717) is 16.9 Å². The number of fused-ring (bicyclic) bond motifs is 1. The number of nitrogens with two attached hydrogens (primary N) is 1. The molecule has 4 rings (SSSR count). The van der Waals surface area contributed by atoms with Crippen LogP contribution in [0.1, 0.15) is 27.5 Å². The van der Waals surface area contributed by atoms with Gasteiger partial charge in [0.15, 0.2) is 0 Å². The lowest BCUT2D eigenvalue weighted by Crippen LogP contribution is -2.18. The fourth-order valence-corrected chi connectivity index (χ4v) is 4.84. The molecule has 0 bridgehead atoms. The summed E-state index contributed by atoms with van der Waals surface area (Å²) in [6.07, 6.45) is -2.87. The highest BCUT2D eigenvalue weighted by molar-refractivity contribution is 14.1. The van der Waals surface area contributed by atoms with Crippen molar-refractivity contribution in [1.82, 2.24) is 14.8 Å². The van der Waals surface area contributed by atoms with Gasteiger partial charge in [-0.2, -0.15) is 18.3 Å². The molecule has 2 amide bonds. The van der Waals surface area contributed by atoms with Crippen molar-refractivity contribution in [1.29, 1.82) is 0 Å². The molecular weight excluding hydrogens is 582 g/mol. The Balaban J connectivity index is 1.79. The Labute approximate surface area is 209 Å². The maximum atomic E-state index is 13.6. The van der Waals surface area contributed by atoms with E-state index in [4.69, 9.17) is 5.73 Å². The number of benzene rings is 1. The standard InChI is InChI=1S/C22H17F3IN5O2S/c1-11-14(26)10-31(30-11)8-7-16(32)29-18-17-13(12-5-3-2-4-6-12)9-15(22(23,24)25)28-21(17)34-19(18)20(27)33/h2-6,9-10H,7-8H2,1H3,(H2,27,33)(H,29,32). The second-order valence-electron chi connectivity index (χ2n) is 7.39. The maximum Gasteiger partial charge on any atom is 0.433 e. The number of halogens is 4. The predicted octanol–water partition coefficient (Wildman–Crippen LogP) is 5.22. The SMILES string of the molecule is Cc1nn(CCC(=O)Nc2c(C(N)=O)sc3nc(C(F)(F)F)cc(-c4ccccc4)c23)cc1I. The van der Waals surface area contributed by atoms with Crippen molar-refractivity contribution in [3.05, 3.63) is 62.4 Å². The van der Waals surface area contributed by atoms with Crippen molar-refractivity contribution in [2.75, 3.05) is 5.32 Å². The Morgan fingerprint density at radius 1 is 1.24 bits per heavy atom. The number of primary amides is 1. The summed E-state index contributed by atoms with van der Waals surface area (Å²) in [5.41, 5.74) is 5.97. The first-order valence-corrected chi connectivity index (χ1v) is 11.8. The topological polar surface area (TPSA) is 103 Å². The van der Waals surface area contributed by atoms with Gasteiger partial charge >= 0.3 is 6.18 Å². The number of amides is 2. The second-order valence-corrected chi connectivity index (χ2v) is 9.55. The lowest BCUT2D eigenvalue weighted by molar-refractivity contribution is -0.140. The highest BCUT2D eigenvalue weighted by atomic mass is 127. The van der Waals surface area contributed by atoms with Crippen LogP contribution >= 0.6 is 33.9 Å². The fourth-order valence-electron chi connectivity index (χ4n) is 3.41. The van der Waals surface area contributed by atoms with Crippen LogP contribution in [0, 0.1) is 10.5 Å². The molecule has 7 nitrogen and oxygen atoms in total. The van der Waals surface area contributed by atoms with Gasteiger partial charge in [0.25, 0.3) is 5.91 Å². The molecule has 0 unspecified atom stereocenters. The minimum absolute atomic E-state index is 0.0292. The van der Waals surface area contributed by atoms with E-state index in [2.05, 4.69) is 38.0 Å². The van der Waals surface area contributed by atoms with Gasteiger partial charge in [-0.05, 0) is 46.7 Å². The number of hydrogen-bond acceptors (Lipinski definition) is 5. The molecule has 4 aromatic rings. The van der Waals surface area contributed by atoms with E-state index in [1.165, 1.54) is 0 Å². The molecule has 0 saturated carbocycles. The third-order valence-electron chi connectivity index (χ3n) is 4.98. The van der Waals surface area contributed by atoms with E-state index in [0.717, 1.165) is 15.3 Å². The number of rotatable bonds is 6. The number of hydrogen-bond donors (Lipinski definition) is 2. The lowest BCUT2D eigenvalue weighted by atomic mass is 10.0. The fraction of sp³-hybridized carbons (Fsp3) is 0.182. The number of alkyl halides is 3. The third kappa shape index (κ3) is 4.92. The van der Waals surface area contributed by atoms with Crippen LogP contribution in [-0.2, 0) is 17.5 Å². The molecule has 1 aromatic carbocycles. The van der Waals surface area contributed by atoms with Crippen LogP contribution < -0.4 is 11.1 Å². The van der Waals surface area contributed by atoms with E-state index in [1.54, 1.807) is 41.2 Å². The van der Waals surface area contributed by atoms with E-state index in [1.807, 2.05) is 6.92 Å². The van der Waals surface area contributed by atoms with Crippen molar-refractivity contribution >= 4 is 61.6 Å². The molecular formula is C22H17F3IN5O2S. The zero-order valence-corrected chi connectivity index (χ0v) is 20.6. The molecule has 34 heavy (non-hydrogen) atoms. The Hall–Kier alpha value is -3.00. The number of pyridine rings is 1. The van der Waals surface area contributed by atoms with Crippen molar-refractivity contribution in [2.24, 2.45) is 5.73 Å². The lowest BCUT2D eigenvalue weighted by Gasteiger charge is -2.12. The van der Waals surface area contributed by atoms with Crippen LogP contribution in [0.4, 0.5) is 18.9 Å². The van der Waals surface area contributed by atoms with Gasteiger partial charge in [-0.3, -0.25) is 14.3 Å². The van der Waals surface area contributed by atoms with Crippen LogP contribution in [0.25, 0.3) is 21.3 Å². The van der Waals surface area contributed by atoms with Gasteiger partial charge in [0, 0.05) is 24.5 Å². The number of nitrogens with one attached hydrogen (secondary N) is 1. The number of carbonyl (C=O) groups excluding carboxylic acids is 2. The second kappa shape index (κ2) is 9.33. The number of anilines is 1. The van der Waals surface area contributed by atoms with Crippen molar-refractivity contribution < 1.29 is 22.8 Å². The Morgan fingerprint density at radius 3 is 2.53 bits per heavy atom. The first-order valence-electron chi connectivity index (χ1n) is 9.94. The summed E-state index contributed by atoms with van der Waals surface area (Å²) in [5.74, 6) is -1.31. The number of thiophene rings is 1. The maximum absolute atomic E-state index is 13.6. The quantitative estimate of drug-likeness (QED) is 0.297. The molecule has 0 aliphatic carbocycles. The number of carbonyl (C=O) groups is 2. The summed E-state index contributed by atoms with van der Waals surface area (Å²) < 4.78 is 43.2. The molecule has 0 atom stereocenters. The first kappa shape index (κ1) is 24.1. The van der Waals surface area contributed by atoms with Gasteiger partial charge in [-0.1, -0.05) is 30.3 Å². The molecule has 176 valence electrons. The summed E-state index contributed by atoms with van der Waals surface area (Å²) in [5, 5.41) is 7.22. The summed E-state index contributed by atoms with van der Waals surface area (Å²) in [6.45, 7) is 2.13. The van der Waals surface area contributed by atoms with E-state index < -0.39 is 23.7 Å². The monoisotopic (exact) mass is 599 g/mol. The van der Waals surface area contributed by atoms with Gasteiger partial charge < -0.3 is 11.1 Å². The van der Waals surface area contributed by atoms with Crippen molar-refractivity contribution in [3.63, 3.8) is 0 Å². The third-order valence-corrected chi connectivity index (χ3v) is 7.14. The molecule has 3 aromatic heterocycles. The Morgan fingerprint density at radius 2 is 1.94 bits per heavy atom. The highest BCUT2D eigenvalue weighted by Gasteiger charge is 2.35. The van der Waals surface area contributed by atoms with Crippen molar-refractivity contribution in [3.8, 4) is 11.1 Å². The minimum Gasteiger partial charge on any atom is -0.365 e. The van der Waals surface area contributed by atoms with Gasteiger partial charge in [0.05, 0.1) is 15.0 Å². The zero-order chi connectivity index (χ0) is 24.6. The predicted molar refractivity (Wildman–Crippen MR) is 132 cm³/mol. The van der Waals surface area contributed by atoms with Crippen LogP contribution in [0.5, 0.6) is 0 Å². The van der Waals surface area contributed by atoms with Gasteiger partial charge in [0.1, 0.15) is 15.4 Å². The van der Waals surface area contributed by atoms with Gasteiger partial charge in [-0.15, -0.1) is 11.3 Å². The van der Waals surface area contributed by atoms with Crippen LogP contribution in [0.3, 0.4) is 0 Å². The molecule has 0 aliphatic heterocycles. The number of aromatic nitrogens is 3. The molecule has 0 spiro atoms. The van der Waals surface area contributed by atoms with Gasteiger partial charge in [0.2, 0.25) is 5.91 Å². The van der Waals surface area contributed by atoms with Crippen LogP contribution in [0.2, 0.25) is 0 Å². The number of nitrogens with zero attached hydrogens (tertiary/aromatic N) is 3. The van der Waals surface area contributed by atoms with E-state index in [-0.39, 0.29) is 39.3 Å². The normalized spacial score (nSPS) is 11.7. The molecule has 0 fully saturated rings. The molecule has 0 saturated heterocycles. The van der Waals surface area contributed by atoms with E-state index >= 15 is 0 Å². The summed E-state index contributed by atoms with van der Waals surface area (Å²) in [6, 6.07) is 9.30. The average Bonchev–Trinajstić information content (AvgIpc) is 3.31. The highest BCUT2D eigenvalue weighted by Crippen LogP contribution is 2.43. The van der Waals surface area contributed by atoms with Crippen molar-refractivity contribution in [2.45, 2.75) is 26.1 Å². The molecule has 0 aliphatic rings. The molecule has 3 heterocycles. The molecule has 12 heteroatoms.